The maximum Gasteiger partial charge on any atom is 0.273 e. The molecule has 0 spiro atoms. The summed E-state index contributed by atoms with van der Waals surface area (Å²) in [6.45, 7) is 5.47. The number of carbonyl (C=O) groups is 2. The summed E-state index contributed by atoms with van der Waals surface area (Å²) in [5.41, 5.74) is 2.69. The molecule has 0 aromatic heterocycles. The Morgan fingerprint density at radius 3 is 2.15 bits per heavy atom. The first-order valence-electron chi connectivity index (χ1n) is 8.31. The van der Waals surface area contributed by atoms with E-state index in [-0.39, 0.29) is 11.5 Å². The molecule has 2 aromatic carbocycles. The molecule has 2 amide bonds. The van der Waals surface area contributed by atoms with Crippen molar-refractivity contribution in [3.05, 3.63) is 58.6 Å². The number of halogens is 1. The Bertz CT molecular complexity index is 829. The smallest absolute Gasteiger partial charge is 0.273 e. The van der Waals surface area contributed by atoms with Gasteiger partial charge in [0.25, 0.3) is 11.8 Å². The largest absolute Gasteiger partial charge is 0.493 e. The molecule has 0 aliphatic rings. The highest BCUT2D eigenvalue weighted by Crippen LogP contribution is 2.31. The zero-order chi connectivity index (χ0) is 20.2. The van der Waals surface area contributed by atoms with E-state index in [0.717, 1.165) is 0 Å². The SMILES string of the molecule is COc1cccc(C(=O)NN(C(=O)c2ccc(Cl)cc2)C(C)(C)C)c1OC. The quantitative estimate of drug-likeness (QED) is 0.803. The first-order chi connectivity index (χ1) is 12.7. The average molecular weight is 391 g/mol. The number of hydrogen-bond acceptors (Lipinski definition) is 4. The third-order valence-electron chi connectivity index (χ3n) is 3.83. The molecule has 2 aromatic rings. The minimum absolute atomic E-state index is 0.259. The Kier molecular flexibility index (Phi) is 6.33. The molecule has 1 N–H and O–H groups in total. The van der Waals surface area contributed by atoms with Gasteiger partial charge in [-0.05, 0) is 57.2 Å². The van der Waals surface area contributed by atoms with Crippen LogP contribution in [0.2, 0.25) is 5.02 Å². The number of nitrogens with one attached hydrogen (secondary N) is 1. The van der Waals surface area contributed by atoms with Crippen LogP contribution in [0.1, 0.15) is 41.5 Å². The molecule has 0 radical (unpaired) electrons. The summed E-state index contributed by atoms with van der Waals surface area (Å²) in [6, 6.07) is 11.5. The van der Waals surface area contributed by atoms with Gasteiger partial charge in [0.05, 0.1) is 25.3 Å². The van der Waals surface area contributed by atoms with Crippen molar-refractivity contribution in [3.63, 3.8) is 0 Å². The zero-order valence-corrected chi connectivity index (χ0v) is 16.8. The Labute approximate surface area is 164 Å². The van der Waals surface area contributed by atoms with Crippen LogP contribution in [-0.2, 0) is 0 Å². The van der Waals surface area contributed by atoms with Gasteiger partial charge in [0.1, 0.15) is 0 Å². The summed E-state index contributed by atoms with van der Waals surface area (Å²) < 4.78 is 10.5. The van der Waals surface area contributed by atoms with Crippen molar-refractivity contribution in [2.75, 3.05) is 14.2 Å². The van der Waals surface area contributed by atoms with Gasteiger partial charge in [-0.1, -0.05) is 17.7 Å². The van der Waals surface area contributed by atoms with Gasteiger partial charge >= 0.3 is 0 Å². The number of para-hydroxylation sites is 1. The number of methoxy groups -OCH3 is 2. The second-order valence-corrected chi connectivity index (χ2v) is 7.24. The lowest BCUT2D eigenvalue weighted by Gasteiger charge is -2.35. The van der Waals surface area contributed by atoms with Crippen LogP contribution in [0.3, 0.4) is 0 Å². The fourth-order valence-electron chi connectivity index (χ4n) is 2.47. The molecule has 0 aliphatic heterocycles. The first kappa shape index (κ1) is 20.6. The predicted molar refractivity (Wildman–Crippen MR) is 104 cm³/mol. The Balaban J connectivity index is 2.36. The standard InChI is InChI=1S/C20H23ClN2O4/c1-20(2,3)23(19(25)13-9-11-14(21)12-10-13)22-18(24)15-7-6-8-16(26-4)17(15)27-5/h6-12H,1-5H3,(H,22,24). The zero-order valence-electron chi connectivity index (χ0n) is 16.0. The lowest BCUT2D eigenvalue weighted by atomic mass is 10.1. The van der Waals surface area contributed by atoms with Crippen LogP contribution in [0.15, 0.2) is 42.5 Å². The van der Waals surface area contributed by atoms with E-state index in [2.05, 4.69) is 5.43 Å². The summed E-state index contributed by atoms with van der Waals surface area (Å²) in [5, 5.41) is 1.82. The van der Waals surface area contributed by atoms with Crippen LogP contribution >= 0.6 is 11.6 Å². The minimum Gasteiger partial charge on any atom is -0.493 e. The molecule has 0 fully saturated rings. The maximum absolute atomic E-state index is 13.0. The molecule has 7 heteroatoms. The fourth-order valence-corrected chi connectivity index (χ4v) is 2.60. The molecular formula is C20H23ClN2O4. The molecule has 0 unspecified atom stereocenters. The number of rotatable bonds is 4. The summed E-state index contributed by atoms with van der Waals surface area (Å²) in [4.78, 5) is 25.8. The van der Waals surface area contributed by atoms with E-state index in [9.17, 15) is 9.59 Å². The third-order valence-corrected chi connectivity index (χ3v) is 4.08. The van der Waals surface area contributed by atoms with Gasteiger partial charge in [0.15, 0.2) is 11.5 Å². The van der Waals surface area contributed by atoms with Gasteiger partial charge in [0.2, 0.25) is 0 Å². The monoisotopic (exact) mass is 390 g/mol. The van der Waals surface area contributed by atoms with Crippen molar-refractivity contribution in [3.8, 4) is 11.5 Å². The lowest BCUT2D eigenvalue weighted by Crippen LogP contribution is -2.55. The van der Waals surface area contributed by atoms with E-state index >= 15 is 0 Å². The van der Waals surface area contributed by atoms with Crippen molar-refractivity contribution in [1.82, 2.24) is 10.4 Å². The predicted octanol–water partition coefficient (Wildman–Crippen LogP) is 3.94. The van der Waals surface area contributed by atoms with E-state index < -0.39 is 11.4 Å². The Morgan fingerprint density at radius 2 is 1.63 bits per heavy atom. The molecule has 0 saturated heterocycles. The average Bonchev–Trinajstić information content (AvgIpc) is 2.64. The van der Waals surface area contributed by atoms with Crippen LogP contribution in [0.25, 0.3) is 0 Å². The van der Waals surface area contributed by atoms with Gasteiger partial charge in [-0.25, -0.2) is 5.01 Å². The molecule has 144 valence electrons. The number of ether oxygens (including phenoxy) is 2. The van der Waals surface area contributed by atoms with Gasteiger partial charge in [-0.2, -0.15) is 0 Å². The van der Waals surface area contributed by atoms with Crippen molar-refractivity contribution < 1.29 is 19.1 Å². The van der Waals surface area contributed by atoms with Gasteiger partial charge in [-0.3, -0.25) is 15.0 Å². The summed E-state index contributed by atoms with van der Waals surface area (Å²) in [7, 11) is 2.94. The number of hydrazine groups is 1. The number of nitrogens with zero attached hydrogens (tertiary/aromatic N) is 1. The van der Waals surface area contributed by atoms with Crippen LogP contribution < -0.4 is 14.9 Å². The lowest BCUT2D eigenvalue weighted by molar-refractivity contribution is 0.0357. The minimum atomic E-state index is -0.668. The molecule has 0 aliphatic carbocycles. The summed E-state index contributed by atoms with van der Waals surface area (Å²) in [5.74, 6) is -0.112. The third kappa shape index (κ3) is 4.71. The number of carbonyl (C=O) groups excluding carboxylic acids is 2. The molecule has 27 heavy (non-hydrogen) atoms. The van der Waals surface area contributed by atoms with Crippen molar-refractivity contribution in [2.45, 2.75) is 26.3 Å². The van der Waals surface area contributed by atoms with Gasteiger partial charge in [-0.15, -0.1) is 0 Å². The van der Waals surface area contributed by atoms with Gasteiger partial charge < -0.3 is 9.47 Å². The molecule has 2 rings (SSSR count). The second-order valence-electron chi connectivity index (χ2n) is 6.80. The normalized spacial score (nSPS) is 10.9. The van der Waals surface area contributed by atoms with E-state index in [1.54, 1.807) is 42.5 Å². The molecule has 0 saturated carbocycles. The molecule has 0 bridgehead atoms. The van der Waals surface area contributed by atoms with E-state index in [4.69, 9.17) is 21.1 Å². The molecular weight excluding hydrogens is 368 g/mol. The molecule has 0 atom stereocenters. The van der Waals surface area contributed by atoms with Crippen LogP contribution in [0.4, 0.5) is 0 Å². The topological polar surface area (TPSA) is 67.9 Å². The first-order valence-corrected chi connectivity index (χ1v) is 8.69. The van der Waals surface area contributed by atoms with E-state index in [0.29, 0.717) is 22.1 Å². The Hall–Kier alpha value is -2.73. The van der Waals surface area contributed by atoms with Crippen LogP contribution in [0.5, 0.6) is 11.5 Å². The van der Waals surface area contributed by atoms with Gasteiger partial charge in [0, 0.05) is 10.6 Å². The Morgan fingerprint density at radius 1 is 1.00 bits per heavy atom. The van der Waals surface area contributed by atoms with Crippen LogP contribution in [-0.4, -0.2) is 36.6 Å². The highest BCUT2D eigenvalue weighted by molar-refractivity contribution is 6.30. The van der Waals surface area contributed by atoms with Crippen molar-refractivity contribution in [1.29, 1.82) is 0 Å². The van der Waals surface area contributed by atoms with E-state index in [1.807, 2.05) is 20.8 Å². The fraction of sp³-hybridized carbons (Fsp3) is 0.300. The number of amides is 2. The maximum atomic E-state index is 13.0. The number of hydrogen-bond donors (Lipinski definition) is 1. The molecule has 0 heterocycles. The summed E-state index contributed by atoms with van der Waals surface area (Å²) >= 11 is 5.89. The highest BCUT2D eigenvalue weighted by atomic mass is 35.5. The highest BCUT2D eigenvalue weighted by Gasteiger charge is 2.30. The van der Waals surface area contributed by atoms with E-state index in [1.165, 1.54) is 19.2 Å². The van der Waals surface area contributed by atoms with Crippen LogP contribution in [0, 0.1) is 0 Å². The summed E-state index contributed by atoms with van der Waals surface area (Å²) in [6.07, 6.45) is 0. The second kappa shape index (κ2) is 8.31. The van der Waals surface area contributed by atoms with Crippen molar-refractivity contribution in [2.24, 2.45) is 0 Å². The van der Waals surface area contributed by atoms with Crippen molar-refractivity contribution >= 4 is 23.4 Å². The molecule has 6 nitrogen and oxygen atoms in total. The number of benzene rings is 2.